The van der Waals surface area contributed by atoms with E-state index < -0.39 is 23.3 Å². The van der Waals surface area contributed by atoms with Gasteiger partial charge in [-0.2, -0.15) is 0 Å². The predicted molar refractivity (Wildman–Crippen MR) is 66.7 cm³/mol. The zero-order valence-corrected chi connectivity index (χ0v) is 17.3. The summed E-state index contributed by atoms with van der Waals surface area (Å²) in [6.07, 6.45) is 0.719. The van der Waals surface area contributed by atoms with Gasteiger partial charge in [0.05, 0.1) is 17.2 Å². The summed E-state index contributed by atoms with van der Waals surface area (Å²) in [6.45, 7) is 7.27. The number of amides is 4. The molecule has 0 radical (unpaired) electrons. The van der Waals surface area contributed by atoms with E-state index in [4.69, 9.17) is 0 Å². The summed E-state index contributed by atoms with van der Waals surface area (Å²) in [5, 5.41) is 6.56. The number of rotatable bonds is 4. The Hall–Kier alpha value is 0.830. The molecule has 94 valence electrons. The molecule has 1 aliphatic rings. The molecule has 0 aromatic carbocycles. The summed E-state index contributed by atoms with van der Waals surface area (Å²) < 4.78 is 0.513. The van der Waals surface area contributed by atoms with Crippen molar-refractivity contribution in [2.45, 2.75) is 26.7 Å². The van der Waals surface area contributed by atoms with Crippen molar-refractivity contribution in [2.75, 3.05) is 0 Å². The quantitative estimate of drug-likeness (QED) is 0.409. The number of imide groups is 2. The second kappa shape index (κ2) is 8.97. The van der Waals surface area contributed by atoms with Crippen LogP contribution in [0.1, 0.15) is 26.7 Å². The van der Waals surface area contributed by atoms with Crippen LogP contribution in [0.4, 0.5) is 4.79 Å². The van der Waals surface area contributed by atoms with E-state index in [2.05, 4.69) is 33.1 Å². The van der Waals surface area contributed by atoms with Crippen LogP contribution in [0, 0.1) is 11.3 Å². The zero-order chi connectivity index (χ0) is 13.2. The molecule has 0 aromatic heterocycles. The molecule has 5 nitrogen and oxygen atoms in total. The number of barbiturate groups is 1. The van der Waals surface area contributed by atoms with Gasteiger partial charge < -0.3 is 25.0 Å². The second-order valence-electron chi connectivity index (χ2n) is 4.09. The number of carbonyl (C=O) groups excluding carboxylic acids is 3. The van der Waals surface area contributed by atoms with Crippen molar-refractivity contribution in [3.8, 4) is 0 Å². The summed E-state index contributed by atoms with van der Waals surface area (Å²) in [5.41, 5.74) is -1.37. The van der Waals surface area contributed by atoms with Crippen LogP contribution in [-0.2, 0) is 9.59 Å². The predicted octanol–water partition coefficient (Wildman–Crippen LogP) is -2.74. The minimum atomic E-state index is -1.37. The number of nitrogens with zero attached hydrogens (tertiary/aromatic N) is 2. The number of urea groups is 1. The molecule has 1 aliphatic heterocycles. The molecule has 0 aromatic rings. The van der Waals surface area contributed by atoms with Crippen molar-refractivity contribution in [1.29, 1.82) is 0 Å². The fraction of sp³-hybridized carbons (Fsp3) is 0.545. The molecule has 19 heavy (non-hydrogen) atoms. The maximum absolute atomic E-state index is 11.9. The maximum atomic E-state index is 11.9. The van der Waals surface area contributed by atoms with Gasteiger partial charge in [0.1, 0.15) is 0 Å². The molecule has 8 heteroatoms. The van der Waals surface area contributed by atoms with E-state index in [1.807, 2.05) is 6.92 Å². The van der Waals surface area contributed by atoms with Gasteiger partial charge >= 0.3 is 59.1 Å². The van der Waals surface area contributed by atoms with Gasteiger partial charge in [-0.05, 0) is 22.9 Å². The third-order valence-electron chi connectivity index (χ3n) is 3.08. The average Bonchev–Trinajstić information content (AvgIpc) is 2.22. The summed E-state index contributed by atoms with van der Waals surface area (Å²) >= 11 is 3.15. The van der Waals surface area contributed by atoms with Crippen molar-refractivity contribution >= 4 is 33.8 Å². The molecule has 0 spiro atoms. The van der Waals surface area contributed by atoms with Gasteiger partial charge in [-0.25, -0.2) is 0 Å². The summed E-state index contributed by atoms with van der Waals surface area (Å²) in [5.74, 6) is -1.67. The van der Waals surface area contributed by atoms with Crippen LogP contribution in [0.3, 0.4) is 0 Å². The summed E-state index contributed by atoms with van der Waals surface area (Å²) in [4.78, 5) is 34.8. The van der Waals surface area contributed by atoms with Crippen molar-refractivity contribution in [2.24, 2.45) is 11.3 Å². The first-order valence-electron chi connectivity index (χ1n) is 5.24. The van der Waals surface area contributed by atoms with E-state index >= 15 is 0 Å². The van der Waals surface area contributed by atoms with Gasteiger partial charge in [0.25, 0.3) is 0 Å². The number of halogens is 1. The molecule has 4 amide bonds. The van der Waals surface area contributed by atoms with E-state index in [1.54, 1.807) is 6.92 Å². The molecule has 1 fully saturated rings. The number of hydrogen-bond donors (Lipinski definition) is 0. The van der Waals surface area contributed by atoms with Crippen LogP contribution in [0.5, 0.6) is 0 Å². The number of carbonyl (C=O) groups is 3. The molecular formula is C11H13BrN2Na2O3. The van der Waals surface area contributed by atoms with Gasteiger partial charge in [0.15, 0.2) is 0 Å². The van der Waals surface area contributed by atoms with E-state index in [0.29, 0.717) is 10.9 Å². The first kappa shape index (κ1) is 22.1. The van der Waals surface area contributed by atoms with E-state index in [0.717, 1.165) is 0 Å². The maximum Gasteiger partial charge on any atom is 1.00 e. The van der Waals surface area contributed by atoms with Gasteiger partial charge in [-0.15, -0.1) is 0 Å². The van der Waals surface area contributed by atoms with Crippen LogP contribution in [-0.4, -0.2) is 17.8 Å². The second-order valence-corrected chi connectivity index (χ2v) is 5.21. The minimum Gasteiger partial charge on any atom is -0.611 e. The van der Waals surface area contributed by atoms with E-state index in [9.17, 15) is 14.4 Å². The number of allylic oxidation sites excluding steroid dienone is 1. The third kappa shape index (κ3) is 4.66. The van der Waals surface area contributed by atoms with E-state index in [1.165, 1.54) is 0 Å². The number of hydrogen-bond acceptors (Lipinski definition) is 3. The Morgan fingerprint density at radius 2 is 1.68 bits per heavy atom. The smallest absolute Gasteiger partial charge is 0.611 e. The van der Waals surface area contributed by atoms with Crippen LogP contribution < -0.4 is 59.1 Å². The minimum absolute atomic E-state index is 0. The fourth-order valence-electron chi connectivity index (χ4n) is 1.89. The Morgan fingerprint density at radius 1 is 1.26 bits per heavy atom. The zero-order valence-electron chi connectivity index (χ0n) is 11.7. The van der Waals surface area contributed by atoms with Crippen molar-refractivity contribution < 1.29 is 73.5 Å². The molecule has 0 aliphatic carbocycles. The van der Waals surface area contributed by atoms with Gasteiger partial charge in [-0.1, -0.05) is 42.8 Å². The first-order valence-corrected chi connectivity index (χ1v) is 6.03. The average molecular weight is 347 g/mol. The first-order chi connectivity index (χ1) is 7.84. The largest absolute Gasteiger partial charge is 1.00 e. The normalized spacial score (nSPS) is 18.4. The Kier molecular flexibility index (Phi) is 10.4. The van der Waals surface area contributed by atoms with Gasteiger partial charge in [0, 0.05) is 0 Å². The van der Waals surface area contributed by atoms with Crippen LogP contribution in [0.2, 0.25) is 0 Å². The Labute approximate surface area is 165 Å². The Bertz CT molecular complexity index is 381. The van der Waals surface area contributed by atoms with Crippen molar-refractivity contribution in [3.05, 3.63) is 21.7 Å². The molecule has 1 atom stereocenters. The SMILES string of the molecule is C=C(Br)CC1(C(C)CC)C(=O)[N-]C(=O)[N-]C1=O.[Na+].[Na+]. The van der Waals surface area contributed by atoms with Gasteiger partial charge in [0.2, 0.25) is 0 Å². The van der Waals surface area contributed by atoms with Crippen LogP contribution in [0.25, 0.3) is 10.6 Å². The van der Waals surface area contributed by atoms with Gasteiger partial charge in [-0.3, -0.25) is 0 Å². The molecule has 0 saturated carbocycles. The standard InChI is InChI=1S/C11H15BrN2O3.2Na/c1-4-6(2)11(5-7(3)12)8(15)13-10(17)14-9(11)16;;/h6H,3-5H2,1-2H3,(H2,13,14,15,16,17);;/q;2*+1/p-2. The Morgan fingerprint density at radius 3 is 2.00 bits per heavy atom. The Balaban J connectivity index is 0. The summed E-state index contributed by atoms with van der Waals surface area (Å²) in [6, 6.07) is -1.01. The summed E-state index contributed by atoms with van der Waals surface area (Å²) in [7, 11) is 0. The van der Waals surface area contributed by atoms with Crippen molar-refractivity contribution in [1.82, 2.24) is 0 Å². The molecule has 1 heterocycles. The van der Waals surface area contributed by atoms with Crippen LogP contribution >= 0.6 is 15.9 Å². The molecule has 1 unspecified atom stereocenters. The monoisotopic (exact) mass is 346 g/mol. The van der Waals surface area contributed by atoms with Crippen molar-refractivity contribution in [3.63, 3.8) is 0 Å². The van der Waals surface area contributed by atoms with Crippen LogP contribution in [0.15, 0.2) is 11.1 Å². The molecular weight excluding hydrogens is 334 g/mol. The third-order valence-corrected chi connectivity index (χ3v) is 3.36. The topological polar surface area (TPSA) is 79.4 Å². The molecule has 1 rings (SSSR count). The fourth-order valence-corrected chi connectivity index (χ4v) is 2.33. The van der Waals surface area contributed by atoms with E-state index in [-0.39, 0.29) is 71.5 Å². The molecule has 0 N–H and O–H groups in total. The molecule has 1 saturated heterocycles. The molecule has 0 bridgehead atoms.